The van der Waals surface area contributed by atoms with Gasteiger partial charge >= 0.3 is 0 Å². The maximum absolute atomic E-state index is 12.6. The Labute approximate surface area is 130 Å². The summed E-state index contributed by atoms with van der Waals surface area (Å²) >= 11 is 0. The third-order valence-electron chi connectivity index (χ3n) is 3.03. The summed E-state index contributed by atoms with van der Waals surface area (Å²) in [5.74, 6) is -0.190. The number of sulfonamides is 1. The lowest BCUT2D eigenvalue weighted by atomic mass is 10.2. The van der Waals surface area contributed by atoms with Gasteiger partial charge in [-0.2, -0.15) is 4.31 Å². The van der Waals surface area contributed by atoms with E-state index in [0.29, 0.717) is 13.0 Å². The normalized spacial score (nSPS) is 11.5. The van der Waals surface area contributed by atoms with Gasteiger partial charge in [0.05, 0.1) is 13.7 Å². The largest absolute Gasteiger partial charge is 0.495 e. The maximum atomic E-state index is 12.6. The van der Waals surface area contributed by atoms with Crippen LogP contribution in [-0.2, 0) is 14.8 Å². The molecule has 7 nitrogen and oxygen atoms in total. The summed E-state index contributed by atoms with van der Waals surface area (Å²) in [6.07, 6.45) is 0.425. The zero-order valence-electron chi connectivity index (χ0n) is 13.0. The molecule has 124 valence electrons. The lowest BCUT2D eigenvalue weighted by Gasteiger charge is -2.19. The van der Waals surface area contributed by atoms with E-state index in [2.05, 4.69) is 5.32 Å². The van der Waals surface area contributed by atoms with E-state index in [9.17, 15) is 13.2 Å². The van der Waals surface area contributed by atoms with Gasteiger partial charge in [-0.1, -0.05) is 6.07 Å². The van der Waals surface area contributed by atoms with Gasteiger partial charge in [0.2, 0.25) is 15.9 Å². The van der Waals surface area contributed by atoms with Crippen LogP contribution in [0.15, 0.2) is 23.1 Å². The number of hydrogen-bond donors (Lipinski definition) is 2. The van der Waals surface area contributed by atoms with Crippen molar-refractivity contribution in [2.24, 2.45) is 0 Å². The van der Waals surface area contributed by atoms with Crippen LogP contribution >= 0.6 is 0 Å². The number of ether oxygens (including phenoxy) is 1. The first-order valence-electron chi connectivity index (χ1n) is 6.81. The van der Waals surface area contributed by atoms with Crippen LogP contribution in [0.2, 0.25) is 0 Å². The van der Waals surface area contributed by atoms with Crippen LogP contribution in [0.5, 0.6) is 5.75 Å². The number of carbonyl (C=O) groups excluding carboxylic acids is 1. The molecule has 0 aliphatic heterocycles. The van der Waals surface area contributed by atoms with Gasteiger partial charge in [-0.25, -0.2) is 8.42 Å². The van der Waals surface area contributed by atoms with Gasteiger partial charge < -0.3 is 15.2 Å². The Morgan fingerprint density at radius 1 is 1.41 bits per heavy atom. The molecular formula is C14H22N2O5S. The summed E-state index contributed by atoms with van der Waals surface area (Å²) in [5.41, 5.74) is 0.778. The smallest absolute Gasteiger partial charge is 0.246 e. The minimum Gasteiger partial charge on any atom is -0.495 e. The fourth-order valence-electron chi connectivity index (χ4n) is 1.80. The summed E-state index contributed by atoms with van der Waals surface area (Å²) in [6.45, 7) is 1.75. The highest BCUT2D eigenvalue weighted by molar-refractivity contribution is 7.89. The zero-order valence-corrected chi connectivity index (χ0v) is 13.8. The third kappa shape index (κ3) is 4.69. The molecule has 2 N–H and O–H groups in total. The average molecular weight is 330 g/mol. The number of amides is 1. The van der Waals surface area contributed by atoms with Crippen molar-refractivity contribution >= 4 is 15.9 Å². The van der Waals surface area contributed by atoms with Crippen molar-refractivity contribution in [2.75, 3.05) is 33.9 Å². The van der Waals surface area contributed by atoms with Gasteiger partial charge in [-0.3, -0.25) is 4.79 Å². The topological polar surface area (TPSA) is 95.9 Å². The Bertz CT molecular complexity index is 616. The summed E-state index contributed by atoms with van der Waals surface area (Å²) < 4.78 is 31.2. The number of aryl methyl sites for hydroxylation is 1. The molecule has 1 amide bonds. The Kier molecular flexibility index (Phi) is 6.79. The second kappa shape index (κ2) is 8.11. The lowest BCUT2D eigenvalue weighted by molar-refractivity contribution is -0.121. The van der Waals surface area contributed by atoms with Gasteiger partial charge in [0.25, 0.3) is 0 Å². The molecule has 0 saturated heterocycles. The zero-order chi connectivity index (χ0) is 16.8. The molecule has 0 radical (unpaired) electrons. The quantitative estimate of drug-likeness (QED) is 0.660. The molecule has 8 heteroatoms. The molecule has 0 saturated carbocycles. The second-order valence-electron chi connectivity index (χ2n) is 4.84. The minimum absolute atomic E-state index is 0.0284. The first kappa shape index (κ1) is 18.4. The average Bonchev–Trinajstić information content (AvgIpc) is 2.47. The first-order valence-corrected chi connectivity index (χ1v) is 8.25. The van der Waals surface area contributed by atoms with Crippen LogP contribution in [0.3, 0.4) is 0 Å². The molecule has 1 aromatic rings. The van der Waals surface area contributed by atoms with E-state index in [1.807, 2.05) is 0 Å². The first-order chi connectivity index (χ1) is 10.3. The number of nitrogens with one attached hydrogen (secondary N) is 1. The molecule has 22 heavy (non-hydrogen) atoms. The molecular weight excluding hydrogens is 308 g/mol. The van der Waals surface area contributed by atoms with Crippen molar-refractivity contribution < 1.29 is 23.1 Å². The van der Waals surface area contributed by atoms with E-state index in [1.165, 1.54) is 20.2 Å². The standard InChI is InChI=1S/C14H22N2O5S/c1-11-5-6-12(21-3)13(9-11)22(19,20)16(2)10-14(18)15-7-4-8-17/h5-6,9,17H,4,7-8,10H2,1-3H3,(H,15,18). The van der Waals surface area contributed by atoms with Gasteiger partial charge in [-0.05, 0) is 31.0 Å². The highest BCUT2D eigenvalue weighted by Crippen LogP contribution is 2.26. The Morgan fingerprint density at radius 2 is 2.09 bits per heavy atom. The van der Waals surface area contributed by atoms with Crippen molar-refractivity contribution in [3.8, 4) is 5.75 Å². The molecule has 0 heterocycles. The molecule has 0 aromatic heterocycles. The number of rotatable bonds is 8. The van der Waals surface area contributed by atoms with E-state index >= 15 is 0 Å². The number of carbonyl (C=O) groups is 1. The Hall–Kier alpha value is -1.64. The van der Waals surface area contributed by atoms with Gasteiger partial charge in [0.1, 0.15) is 10.6 Å². The summed E-state index contributed by atoms with van der Waals surface area (Å²) in [4.78, 5) is 11.7. The van der Waals surface area contributed by atoms with Crippen LogP contribution in [0.1, 0.15) is 12.0 Å². The van der Waals surface area contributed by atoms with Crippen molar-refractivity contribution in [1.82, 2.24) is 9.62 Å². The van der Waals surface area contributed by atoms with Crippen molar-refractivity contribution in [3.05, 3.63) is 23.8 Å². The summed E-state index contributed by atoms with van der Waals surface area (Å²) in [6, 6.07) is 4.84. The molecule has 0 bridgehead atoms. The molecule has 0 aliphatic rings. The number of nitrogens with zero attached hydrogens (tertiary/aromatic N) is 1. The van der Waals surface area contributed by atoms with Crippen LogP contribution in [0.4, 0.5) is 0 Å². The monoisotopic (exact) mass is 330 g/mol. The summed E-state index contributed by atoms with van der Waals surface area (Å²) in [7, 11) is -1.10. The van der Waals surface area contributed by atoms with Crippen LogP contribution < -0.4 is 10.1 Å². The number of aliphatic hydroxyl groups excluding tert-OH is 1. The highest BCUT2D eigenvalue weighted by Gasteiger charge is 2.26. The Balaban J connectivity index is 2.89. The molecule has 0 aliphatic carbocycles. The van der Waals surface area contributed by atoms with Gasteiger partial charge in [0.15, 0.2) is 0 Å². The van der Waals surface area contributed by atoms with Crippen molar-refractivity contribution in [1.29, 1.82) is 0 Å². The van der Waals surface area contributed by atoms with E-state index in [1.54, 1.807) is 19.1 Å². The molecule has 1 rings (SSSR count). The number of aliphatic hydroxyl groups is 1. The molecule has 1 aromatic carbocycles. The van der Waals surface area contributed by atoms with E-state index < -0.39 is 15.9 Å². The fraction of sp³-hybridized carbons (Fsp3) is 0.500. The predicted molar refractivity (Wildman–Crippen MR) is 82.3 cm³/mol. The van der Waals surface area contributed by atoms with Crippen LogP contribution in [0, 0.1) is 6.92 Å². The molecule has 0 atom stereocenters. The number of hydrogen-bond acceptors (Lipinski definition) is 5. The Morgan fingerprint density at radius 3 is 2.68 bits per heavy atom. The van der Waals surface area contributed by atoms with E-state index in [-0.39, 0.29) is 23.8 Å². The van der Waals surface area contributed by atoms with Crippen LogP contribution in [-0.4, -0.2) is 57.6 Å². The third-order valence-corrected chi connectivity index (χ3v) is 4.86. The molecule has 0 fully saturated rings. The van der Waals surface area contributed by atoms with E-state index in [4.69, 9.17) is 9.84 Å². The molecule has 0 unspecified atom stereocenters. The van der Waals surface area contributed by atoms with Crippen molar-refractivity contribution in [3.63, 3.8) is 0 Å². The van der Waals surface area contributed by atoms with E-state index in [0.717, 1.165) is 9.87 Å². The predicted octanol–water partition coefficient (Wildman–Crippen LogP) is 0.123. The van der Waals surface area contributed by atoms with Gasteiger partial charge in [-0.15, -0.1) is 0 Å². The van der Waals surface area contributed by atoms with Gasteiger partial charge in [0, 0.05) is 20.2 Å². The SMILES string of the molecule is COc1ccc(C)cc1S(=O)(=O)N(C)CC(=O)NCCCO. The second-order valence-corrected chi connectivity index (χ2v) is 6.86. The van der Waals surface area contributed by atoms with Crippen LogP contribution in [0.25, 0.3) is 0 Å². The van der Waals surface area contributed by atoms with Crippen molar-refractivity contribution in [2.45, 2.75) is 18.2 Å². The maximum Gasteiger partial charge on any atom is 0.246 e. The number of benzene rings is 1. The lowest BCUT2D eigenvalue weighted by Crippen LogP contribution is -2.38. The highest BCUT2D eigenvalue weighted by atomic mass is 32.2. The number of likely N-dealkylation sites (N-methyl/N-ethyl adjacent to an activating group) is 1. The summed E-state index contributed by atoms with van der Waals surface area (Å²) in [5, 5.41) is 11.2. The minimum atomic E-state index is -3.83. The fourth-order valence-corrected chi connectivity index (χ4v) is 3.17. The number of methoxy groups -OCH3 is 1. The molecule has 0 spiro atoms.